The first kappa shape index (κ1) is 8.54. The number of alkyl halides is 1. The summed E-state index contributed by atoms with van der Waals surface area (Å²) in [6.45, 7) is 7.56. The molecule has 0 aliphatic carbocycles. The zero-order valence-electron chi connectivity index (χ0n) is 6.09. The summed E-state index contributed by atoms with van der Waals surface area (Å²) >= 11 is 3.09. The van der Waals surface area contributed by atoms with Gasteiger partial charge >= 0.3 is 6.17 Å². The summed E-state index contributed by atoms with van der Waals surface area (Å²) in [5.41, 5.74) is 0. The summed E-state index contributed by atoms with van der Waals surface area (Å²) in [4.78, 5) is 16.1. The summed E-state index contributed by atoms with van der Waals surface area (Å²) in [7, 11) is 0. The van der Waals surface area contributed by atoms with Crippen LogP contribution < -0.4 is 0 Å². The molecule has 1 aliphatic rings. The molecule has 0 saturated carbocycles. The molecule has 1 aliphatic heterocycles. The van der Waals surface area contributed by atoms with Crippen molar-refractivity contribution in [1.82, 2.24) is 4.90 Å². The van der Waals surface area contributed by atoms with Gasteiger partial charge in [0.1, 0.15) is 0 Å². The number of likely N-dealkylation sites (tertiary alicyclic amines) is 1. The average Bonchev–Trinajstić information content (AvgIpc) is 2.50. The lowest BCUT2D eigenvalue weighted by molar-refractivity contribution is -0.128. The number of carbonyl (C=O) groups is 1. The molecule has 1 fully saturated rings. The molecule has 0 aromatic carbocycles. The van der Waals surface area contributed by atoms with Crippen molar-refractivity contribution in [2.75, 3.05) is 11.9 Å². The van der Waals surface area contributed by atoms with Crippen molar-refractivity contribution in [3.8, 4) is 0 Å². The Morgan fingerprint density at radius 3 is 3.09 bits per heavy atom. The molecule has 1 rings (SSSR count). The molecule has 3 nitrogen and oxygen atoms in total. The fourth-order valence-corrected chi connectivity index (χ4v) is 1.57. The average molecular weight is 217 g/mol. The number of nitrogens with zero attached hydrogens (tertiary/aromatic N) is 2. The Morgan fingerprint density at radius 2 is 2.55 bits per heavy atom. The van der Waals surface area contributed by atoms with Crippen LogP contribution in [-0.4, -0.2) is 28.8 Å². The van der Waals surface area contributed by atoms with Crippen molar-refractivity contribution < 1.29 is 4.79 Å². The summed E-state index contributed by atoms with van der Waals surface area (Å²) in [5.74, 6) is 0.0310. The van der Waals surface area contributed by atoms with Gasteiger partial charge < -0.3 is 0 Å². The molecule has 0 radical (unpaired) electrons. The van der Waals surface area contributed by atoms with E-state index in [0.29, 0.717) is 5.33 Å². The molecule has 1 amide bonds. The maximum Gasteiger partial charge on any atom is 0.300 e. The standard InChI is InChI=1S/C7H9BrN2O/c1-9-6-3-2-4-10(6)7(11)5-8/h6H,2-5H2. The van der Waals surface area contributed by atoms with Crippen molar-refractivity contribution in [1.29, 1.82) is 0 Å². The van der Waals surface area contributed by atoms with Crippen LogP contribution >= 0.6 is 15.9 Å². The van der Waals surface area contributed by atoms with E-state index in [9.17, 15) is 4.79 Å². The molecule has 0 aromatic heterocycles. The van der Waals surface area contributed by atoms with Gasteiger partial charge in [-0.2, -0.15) is 0 Å². The minimum Gasteiger partial charge on any atom is -0.290 e. The van der Waals surface area contributed by atoms with Crippen molar-refractivity contribution >= 4 is 21.8 Å². The highest BCUT2D eigenvalue weighted by atomic mass is 79.9. The normalized spacial score (nSPS) is 23.3. The predicted molar refractivity (Wildman–Crippen MR) is 45.1 cm³/mol. The van der Waals surface area contributed by atoms with Crippen LogP contribution in [0.15, 0.2) is 0 Å². The number of carbonyl (C=O) groups excluding carboxylic acids is 1. The lowest BCUT2D eigenvalue weighted by Crippen LogP contribution is -2.34. The Bertz CT molecular complexity index is 199. The molecule has 0 N–H and O–H groups in total. The van der Waals surface area contributed by atoms with Gasteiger partial charge in [0.25, 0.3) is 0 Å². The number of hydrogen-bond acceptors (Lipinski definition) is 1. The third-order valence-electron chi connectivity index (χ3n) is 1.80. The van der Waals surface area contributed by atoms with E-state index in [1.54, 1.807) is 4.90 Å². The Kier molecular flexibility index (Phi) is 2.89. The number of halogens is 1. The molecule has 1 saturated heterocycles. The van der Waals surface area contributed by atoms with Crippen LogP contribution in [0.4, 0.5) is 0 Å². The SMILES string of the molecule is [C-]#[N+]C1CCCN1C(=O)CBr. The summed E-state index contributed by atoms with van der Waals surface area (Å²) < 4.78 is 0. The maximum atomic E-state index is 11.1. The summed E-state index contributed by atoms with van der Waals surface area (Å²) in [6, 6.07) is 0. The van der Waals surface area contributed by atoms with Gasteiger partial charge in [-0.3, -0.25) is 14.5 Å². The Morgan fingerprint density at radius 1 is 1.82 bits per heavy atom. The van der Waals surface area contributed by atoms with Gasteiger partial charge in [0.15, 0.2) is 0 Å². The van der Waals surface area contributed by atoms with Gasteiger partial charge in [0.05, 0.1) is 5.33 Å². The van der Waals surface area contributed by atoms with Gasteiger partial charge in [-0.15, -0.1) is 0 Å². The van der Waals surface area contributed by atoms with Gasteiger partial charge in [-0.25, -0.2) is 6.57 Å². The second-order valence-corrected chi connectivity index (χ2v) is 3.03. The minimum atomic E-state index is -0.194. The van der Waals surface area contributed by atoms with E-state index in [2.05, 4.69) is 20.8 Å². The fourth-order valence-electron chi connectivity index (χ4n) is 1.25. The van der Waals surface area contributed by atoms with Crippen LogP contribution in [0.3, 0.4) is 0 Å². The van der Waals surface area contributed by atoms with Crippen molar-refractivity contribution in [3.05, 3.63) is 11.4 Å². The van der Waals surface area contributed by atoms with Gasteiger partial charge in [-0.05, 0) is 6.42 Å². The van der Waals surface area contributed by atoms with Gasteiger partial charge in [0.2, 0.25) is 5.91 Å². The zero-order valence-corrected chi connectivity index (χ0v) is 7.67. The Hall–Kier alpha value is -0.560. The first-order valence-electron chi connectivity index (χ1n) is 3.51. The second kappa shape index (κ2) is 3.72. The Labute approximate surface area is 74.3 Å². The second-order valence-electron chi connectivity index (χ2n) is 2.47. The predicted octanol–water partition coefficient (Wildman–Crippen LogP) is 1.25. The van der Waals surface area contributed by atoms with Gasteiger partial charge in [0, 0.05) is 13.0 Å². The summed E-state index contributed by atoms with van der Waals surface area (Å²) in [6.07, 6.45) is 1.61. The van der Waals surface area contributed by atoms with Gasteiger partial charge in [-0.1, -0.05) is 15.9 Å². The van der Waals surface area contributed by atoms with Crippen molar-refractivity contribution in [3.63, 3.8) is 0 Å². The molecule has 4 heteroatoms. The molecule has 11 heavy (non-hydrogen) atoms. The van der Waals surface area contributed by atoms with Crippen LogP contribution in [0.5, 0.6) is 0 Å². The molecular formula is C7H9BrN2O. The first-order chi connectivity index (χ1) is 5.29. The van der Waals surface area contributed by atoms with Crippen LogP contribution in [-0.2, 0) is 4.79 Å². The summed E-state index contributed by atoms with van der Waals surface area (Å²) in [5, 5.41) is 0.332. The molecule has 1 heterocycles. The molecule has 1 atom stereocenters. The molecule has 0 aromatic rings. The molecule has 1 unspecified atom stereocenters. The monoisotopic (exact) mass is 216 g/mol. The number of rotatable bonds is 1. The van der Waals surface area contributed by atoms with E-state index in [-0.39, 0.29) is 12.1 Å². The number of hydrogen-bond donors (Lipinski definition) is 0. The molecular weight excluding hydrogens is 208 g/mol. The zero-order chi connectivity index (χ0) is 8.27. The highest BCUT2D eigenvalue weighted by Crippen LogP contribution is 2.18. The highest BCUT2D eigenvalue weighted by molar-refractivity contribution is 9.09. The van der Waals surface area contributed by atoms with E-state index in [0.717, 1.165) is 19.4 Å². The van der Waals surface area contributed by atoms with E-state index < -0.39 is 0 Å². The van der Waals surface area contributed by atoms with Crippen LogP contribution in [0, 0.1) is 6.57 Å². The molecule has 0 spiro atoms. The van der Waals surface area contributed by atoms with E-state index in [4.69, 9.17) is 6.57 Å². The topological polar surface area (TPSA) is 24.7 Å². The van der Waals surface area contributed by atoms with E-state index in [1.807, 2.05) is 0 Å². The molecule has 0 bridgehead atoms. The highest BCUT2D eigenvalue weighted by Gasteiger charge is 2.31. The maximum absolute atomic E-state index is 11.1. The van der Waals surface area contributed by atoms with Crippen molar-refractivity contribution in [2.45, 2.75) is 19.0 Å². The molecule has 60 valence electrons. The third-order valence-corrected chi connectivity index (χ3v) is 2.28. The smallest absolute Gasteiger partial charge is 0.290 e. The van der Waals surface area contributed by atoms with Crippen LogP contribution in [0.25, 0.3) is 4.85 Å². The van der Waals surface area contributed by atoms with Crippen molar-refractivity contribution in [2.24, 2.45) is 0 Å². The minimum absolute atomic E-state index is 0.0310. The van der Waals surface area contributed by atoms with E-state index in [1.165, 1.54) is 0 Å². The van der Waals surface area contributed by atoms with Crippen LogP contribution in [0.1, 0.15) is 12.8 Å². The lowest BCUT2D eigenvalue weighted by atomic mass is 10.3. The first-order valence-corrected chi connectivity index (χ1v) is 4.63. The fraction of sp³-hybridized carbons (Fsp3) is 0.714. The van der Waals surface area contributed by atoms with Crippen LogP contribution in [0.2, 0.25) is 0 Å². The Balaban J connectivity index is 2.58. The largest absolute Gasteiger partial charge is 0.300 e. The third kappa shape index (κ3) is 1.72. The van der Waals surface area contributed by atoms with E-state index >= 15 is 0 Å². The lowest BCUT2D eigenvalue weighted by Gasteiger charge is -2.13. The quantitative estimate of drug-likeness (QED) is 0.479. The number of amides is 1.